The average Bonchev–Trinajstić information content (AvgIpc) is 2.38. The Bertz CT molecular complexity index is 610. The molecule has 0 fully saturated rings. The van der Waals surface area contributed by atoms with Crippen molar-refractivity contribution in [3.63, 3.8) is 0 Å². The van der Waals surface area contributed by atoms with Crippen molar-refractivity contribution in [3.8, 4) is 0 Å². The lowest BCUT2D eigenvalue weighted by Gasteiger charge is -2.17. The largest absolute Gasteiger partial charge is 0.478 e. The number of hydrogen-bond acceptors (Lipinski definition) is 5. The molecule has 110 valence electrons. The first-order chi connectivity index (χ1) is 9.30. The number of likely N-dealkylation sites (N-methyl/N-ethyl adjacent to an activating group) is 1. The summed E-state index contributed by atoms with van der Waals surface area (Å²) in [5.41, 5.74) is -0.344. The minimum atomic E-state index is -4.08. The summed E-state index contributed by atoms with van der Waals surface area (Å²) in [6.45, 7) is 1.26. The summed E-state index contributed by atoms with van der Waals surface area (Å²) in [5, 5.41) is 9.00. The van der Waals surface area contributed by atoms with Gasteiger partial charge in [0.15, 0.2) is 0 Å². The van der Waals surface area contributed by atoms with E-state index in [-0.39, 0.29) is 17.1 Å². The van der Waals surface area contributed by atoms with Crippen LogP contribution < -0.4 is 0 Å². The van der Waals surface area contributed by atoms with Crippen molar-refractivity contribution in [1.29, 1.82) is 0 Å². The summed E-state index contributed by atoms with van der Waals surface area (Å²) in [6.07, 6.45) is 0. The van der Waals surface area contributed by atoms with Gasteiger partial charge in [-0.05, 0) is 19.1 Å². The van der Waals surface area contributed by atoms with Gasteiger partial charge in [0.05, 0.1) is 17.1 Å². The zero-order valence-electron chi connectivity index (χ0n) is 11.1. The van der Waals surface area contributed by atoms with E-state index in [0.29, 0.717) is 0 Å². The summed E-state index contributed by atoms with van der Waals surface area (Å²) in [7, 11) is -2.89. The smallest absolute Gasteiger partial charge is 0.337 e. The number of carboxylic acids is 1. The van der Waals surface area contributed by atoms with E-state index in [2.05, 4.69) is 4.74 Å². The molecule has 0 saturated heterocycles. The molecule has 0 saturated carbocycles. The molecule has 0 radical (unpaired) electrons. The standard InChI is InChI=1S/C12H15NO6S/c1-3-19-11(14)8-13(2)20(17,18)10-7-5-4-6-9(10)12(15)16/h4-7H,3,8H2,1-2H3,(H,15,16). The first-order valence-corrected chi connectivity index (χ1v) is 7.19. The maximum atomic E-state index is 12.3. The van der Waals surface area contributed by atoms with Crippen molar-refractivity contribution in [2.24, 2.45) is 0 Å². The van der Waals surface area contributed by atoms with Crippen LogP contribution >= 0.6 is 0 Å². The Kier molecular flexibility index (Phi) is 5.23. The van der Waals surface area contributed by atoms with E-state index in [4.69, 9.17) is 5.11 Å². The Morgan fingerprint density at radius 3 is 2.45 bits per heavy atom. The highest BCUT2D eigenvalue weighted by molar-refractivity contribution is 7.89. The normalized spacial score (nSPS) is 11.3. The van der Waals surface area contributed by atoms with Crippen LogP contribution in [-0.4, -0.2) is 50.0 Å². The Balaban J connectivity index is 3.11. The maximum Gasteiger partial charge on any atom is 0.337 e. The lowest BCUT2D eigenvalue weighted by Crippen LogP contribution is -2.33. The van der Waals surface area contributed by atoms with Gasteiger partial charge in [-0.25, -0.2) is 13.2 Å². The van der Waals surface area contributed by atoms with Crippen molar-refractivity contribution in [3.05, 3.63) is 29.8 Å². The first kappa shape index (κ1) is 16.1. The monoisotopic (exact) mass is 301 g/mol. The van der Waals surface area contributed by atoms with Crippen molar-refractivity contribution in [1.82, 2.24) is 4.31 Å². The number of esters is 1. The highest BCUT2D eigenvalue weighted by atomic mass is 32.2. The molecule has 1 aromatic carbocycles. The summed E-state index contributed by atoms with van der Waals surface area (Å²) in [4.78, 5) is 22.0. The molecule has 0 amide bonds. The van der Waals surface area contributed by atoms with E-state index in [1.54, 1.807) is 6.92 Å². The molecule has 1 rings (SSSR count). The second-order valence-corrected chi connectivity index (χ2v) is 5.88. The molecular formula is C12H15NO6S. The number of carbonyl (C=O) groups excluding carboxylic acids is 1. The van der Waals surface area contributed by atoms with Gasteiger partial charge in [0, 0.05) is 7.05 Å². The molecule has 1 aromatic rings. The average molecular weight is 301 g/mol. The number of rotatable bonds is 6. The number of nitrogens with zero attached hydrogens (tertiary/aromatic N) is 1. The fourth-order valence-electron chi connectivity index (χ4n) is 1.51. The third kappa shape index (κ3) is 3.55. The van der Waals surface area contributed by atoms with Crippen LogP contribution in [-0.2, 0) is 19.6 Å². The number of hydrogen-bond donors (Lipinski definition) is 1. The van der Waals surface area contributed by atoms with Crippen molar-refractivity contribution in [2.75, 3.05) is 20.2 Å². The summed E-state index contributed by atoms with van der Waals surface area (Å²) in [5.74, 6) is -2.06. The SMILES string of the molecule is CCOC(=O)CN(C)S(=O)(=O)c1ccccc1C(=O)O. The van der Waals surface area contributed by atoms with Crippen molar-refractivity contribution >= 4 is 22.0 Å². The van der Waals surface area contributed by atoms with Gasteiger partial charge in [0.2, 0.25) is 10.0 Å². The number of ether oxygens (including phenoxy) is 1. The van der Waals surface area contributed by atoms with Crippen LogP contribution in [0.5, 0.6) is 0 Å². The van der Waals surface area contributed by atoms with Gasteiger partial charge in [0.25, 0.3) is 0 Å². The molecule has 0 aliphatic rings. The number of aromatic carboxylic acids is 1. The van der Waals surface area contributed by atoms with Gasteiger partial charge in [-0.15, -0.1) is 0 Å². The molecule has 0 atom stereocenters. The van der Waals surface area contributed by atoms with Gasteiger partial charge in [-0.1, -0.05) is 12.1 Å². The van der Waals surface area contributed by atoms with E-state index in [1.807, 2.05) is 0 Å². The van der Waals surface area contributed by atoms with Crippen molar-refractivity contribution < 1.29 is 27.9 Å². The van der Waals surface area contributed by atoms with Gasteiger partial charge >= 0.3 is 11.9 Å². The van der Waals surface area contributed by atoms with Crippen molar-refractivity contribution in [2.45, 2.75) is 11.8 Å². The molecule has 8 heteroatoms. The summed E-state index contributed by atoms with van der Waals surface area (Å²) >= 11 is 0. The van der Waals surface area contributed by atoms with Crippen LogP contribution in [0.15, 0.2) is 29.2 Å². The first-order valence-electron chi connectivity index (χ1n) is 5.75. The topological polar surface area (TPSA) is 101 Å². The zero-order valence-corrected chi connectivity index (χ0v) is 11.9. The van der Waals surface area contributed by atoms with E-state index < -0.39 is 28.5 Å². The molecule has 0 heterocycles. The molecule has 0 bridgehead atoms. The highest BCUT2D eigenvalue weighted by Gasteiger charge is 2.27. The van der Waals surface area contributed by atoms with E-state index >= 15 is 0 Å². The molecule has 0 spiro atoms. The maximum absolute atomic E-state index is 12.3. The minimum absolute atomic E-state index is 0.137. The number of carbonyl (C=O) groups is 2. The third-order valence-corrected chi connectivity index (χ3v) is 4.32. The molecule has 0 aliphatic heterocycles. The summed E-state index contributed by atoms with van der Waals surface area (Å²) in [6, 6.07) is 5.21. The molecule has 1 N–H and O–H groups in total. The Labute approximate surface area is 116 Å². The predicted molar refractivity (Wildman–Crippen MR) is 69.9 cm³/mol. The van der Waals surface area contributed by atoms with Crippen LogP contribution in [0, 0.1) is 0 Å². The van der Waals surface area contributed by atoms with Gasteiger partial charge in [-0.2, -0.15) is 4.31 Å². The van der Waals surface area contributed by atoms with Crippen LogP contribution in [0.4, 0.5) is 0 Å². The Morgan fingerprint density at radius 2 is 1.90 bits per heavy atom. The van der Waals surface area contributed by atoms with E-state index in [9.17, 15) is 18.0 Å². The Hall–Kier alpha value is -1.93. The minimum Gasteiger partial charge on any atom is -0.478 e. The van der Waals surface area contributed by atoms with Gasteiger partial charge < -0.3 is 9.84 Å². The fourth-order valence-corrected chi connectivity index (χ4v) is 2.80. The molecule has 20 heavy (non-hydrogen) atoms. The number of carboxylic acid groups (broad SMARTS) is 1. The lowest BCUT2D eigenvalue weighted by molar-refractivity contribution is -0.143. The van der Waals surface area contributed by atoms with Crippen LogP contribution in [0.1, 0.15) is 17.3 Å². The molecule has 0 aromatic heterocycles. The quantitative estimate of drug-likeness (QED) is 0.771. The number of sulfonamides is 1. The lowest BCUT2D eigenvalue weighted by atomic mass is 10.2. The second kappa shape index (κ2) is 6.49. The fraction of sp³-hybridized carbons (Fsp3) is 0.333. The molecule has 0 unspecified atom stereocenters. The molecular weight excluding hydrogens is 286 g/mol. The summed E-state index contributed by atoms with van der Waals surface area (Å²) < 4.78 is 29.9. The van der Waals surface area contributed by atoms with Crippen LogP contribution in [0.2, 0.25) is 0 Å². The zero-order chi connectivity index (χ0) is 15.3. The third-order valence-electron chi connectivity index (χ3n) is 2.46. The highest BCUT2D eigenvalue weighted by Crippen LogP contribution is 2.19. The number of benzene rings is 1. The predicted octanol–water partition coefficient (Wildman–Crippen LogP) is 0.568. The molecule has 0 aliphatic carbocycles. The van der Waals surface area contributed by atoms with E-state index in [0.717, 1.165) is 4.31 Å². The van der Waals surface area contributed by atoms with Crippen LogP contribution in [0.25, 0.3) is 0 Å². The van der Waals surface area contributed by atoms with E-state index in [1.165, 1.54) is 31.3 Å². The second-order valence-electron chi connectivity index (χ2n) is 3.87. The van der Waals surface area contributed by atoms with Gasteiger partial charge in [0.1, 0.15) is 6.54 Å². The van der Waals surface area contributed by atoms with Crippen LogP contribution in [0.3, 0.4) is 0 Å². The van der Waals surface area contributed by atoms with Gasteiger partial charge in [-0.3, -0.25) is 4.79 Å². The Morgan fingerprint density at radius 1 is 1.30 bits per heavy atom. The molecule has 7 nitrogen and oxygen atoms in total.